The highest BCUT2D eigenvalue weighted by atomic mass is 32.2. The first-order valence-electron chi connectivity index (χ1n) is 4.67. The summed E-state index contributed by atoms with van der Waals surface area (Å²) in [6.45, 7) is 1.83. The van der Waals surface area contributed by atoms with Gasteiger partial charge in [-0.15, -0.1) is 11.8 Å². The Balaban J connectivity index is 2.86. The maximum absolute atomic E-state index is 13.3. The predicted octanol–water partition coefficient (Wildman–Crippen LogP) is 2.58. The van der Waals surface area contributed by atoms with Crippen LogP contribution in [0, 0.1) is 11.6 Å². The number of nitrogens with zero attached hydrogens (tertiary/aromatic N) is 1. The molecule has 0 saturated carbocycles. The molecule has 1 rings (SSSR count). The molecule has 0 amide bonds. The highest BCUT2D eigenvalue weighted by Gasteiger charge is 2.16. The molecule has 1 unspecified atom stereocenters. The molecule has 0 aliphatic heterocycles. The van der Waals surface area contributed by atoms with Gasteiger partial charge in [-0.2, -0.15) is 0 Å². The van der Waals surface area contributed by atoms with Gasteiger partial charge in [-0.05, 0) is 18.6 Å². The zero-order valence-corrected chi connectivity index (χ0v) is 9.47. The van der Waals surface area contributed by atoms with E-state index < -0.39 is 11.6 Å². The molecule has 3 nitrogen and oxygen atoms in total. The summed E-state index contributed by atoms with van der Waals surface area (Å²) in [6, 6.07) is 3.31. The number of hydrogen-bond acceptors (Lipinski definition) is 3. The number of thioether (sulfide) groups is 1. The van der Waals surface area contributed by atoms with Gasteiger partial charge >= 0.3 is 0 Å². The van der Waals surface area contributed by atoms with Crippen molar-refractivity contribution < 1.29 is 14.0 Å². The molecule has 0 radical (unpaired) electrons. The zero-order valence-electron chi connectivity index (χ0n) is 8.65. The van der Waals surface area contributed by atoms with Gasteiger partial charge in [0.1, 0.15) is 11.6 Å². The summed E-state index contributed by atoms with van der Waals surface area (Å²) in [5.74, 6) is -1.25. The zero-order chi connectivity index (χ0) is 12.1. The van der Waals surface area contributed by atoms with Gasteiger partial charge in [-0.25, -0.2) is 8.78 Å². The molecule has 1 aromatic rings. The first-order chi connectivity index (χ1) is 7.58. The van der Waals surface area contributed by atoms with Gasteiger partial charge in [0.15, 0.2) is 5.84 Å². The van der Waals surface area contributed by atoms with Crippen molar-refractivity contribution in [3.05, 3.63) is 29.8 Å². The SMILES string of the molecule is CCC(Sc1ccc(F)cc1F)C(N)=NO. The summed E-state index contributed by atoms with van der Waals surface area (Å²) < 4.78 is 26.0. The van der Waals surface area contributed by atoms with Crippen molar-refractivity contribution in [3.8, 4) is 0 Å². The second-order valence-corrected chi connectivity index (χ2v) is 4.36. The Morgan fingerprint density at radius 2 is 2.25 bits per heavy atom. The van der Waals surface area contributed by atoms with Crippen LogP contribution < -0.4 is 5.73 Å². The number of amidine groups is 1. The first-order valence-corrected chi connectivity index (χ1v) is 5.55. The number of nitrogens with two attached hydrogens (primary N) is 1. The predicted molar refractivity (Wildman–Crippen MR) is 59.7 cm³/mol. The van der Waals surface area contributed by atoms with E-state index in [4.69, 9.17) is 10.9 Å². The smallest absolute Gasteiger partial charge is 0.152 e. The minimum atomic E-state index is -0.644. The molecule has 16 heavy (non-hydrogen) atoms. The third kappa shape index (κ3) is 3.10. The van der Waals surface area contributed by atoms with Crippen molar-refractivity contribution in [2.24, 2.45) is 10.9 Å². The minimum Gasteiger partial charge on any atom is -0.409 e. The van der Waals surface area contributed by atoms with Gasteiger partial charge in [0.2, 0.25) is 0 Å². The number of halogens is 2. The molecule has 0 bridgehead atoms. The summed E-state index contributed by atoms with van der Waals surface area (Å²) in [5, 5.41) is 11.1. The fourth-order valence-corrected chi connectivity index (χ4v) is 2.10. The first kappa shape index (κ1) is 12.8. The fourth-order valence-electron chi connectivity index (χ4n) is 1.14. The lowest BCUT2D eigenvalue weighted by Gasteiger charge is -2.12. The third-order valence-electron chi connectivity index (χ3n) is 1.98. The largest absolute Gasteiger partial charge is 0.409 e. The van der Waals surface area contributed by atoms with Crippen LogP contribution in [-0.2, 0) is 0 Å². The molecule has 0 aliphatic rings. The fraction of sp³-hybridized carbons (Fsp3) is 0.300. The topological polar surface area (TPSA) is 58.6 Å². The van der Waals surface area contributed by atoms with E-state index in [9.17, 15) is 8.78 Å². The van der Waals surface area contributed by atoms with Crippen molar-refractivity contribution in [2.75, 3.05) is 0 Å². The van der Waals surface area contributed by atoms with E-state index in [1.807, 2.05) is 6.92 Å². The van der Waals surface area contributed by atoms with Crippen molar-refractivity contribution in [3.63, 3.8) is 0 Å². The van der Waals surface area contributed by atoms with E-state index in [1.165, 1.54) is 12.1 Å². The van der Waals surface area contributed by atoms with E-state index in [0.717, 1.165) is 17.8 Å². The lowest BCUT2D eigenvalue weighted by Crippen LogP contribution is -2.25. The van der Waals surface area contributed by atoms with E-state index in [-0.39, 0.29) is 16.0 Å². The van der Waals surface area contributed by atoms with Crippen LogP contribution in [-0.4, -0.2) is 16.3 Å². The summed E-state index contributed by atoms with van der Waals surface area (Å²) in [7, 11) is 0. The minimum absolute atomic E-state index is 0.0243. The monoisotopic (exact) mass is 246 g/mol. The van der Waals surface area contributed by atoms with Gasteiger partial charge in [0, 0.05) is 11.0 Å². The molecule has 0 heterocycles. The number of oxime groups is 1. The summed E-state index contributed by atoms with van der Waals surface area (Å²) in [4.78, 5) is 0.278. The van der Waals surface area contributed by atoms with Gasteiger partial charge in [-0.3, -0.25) is 0 Å². The summed E-state index contributed by atoms with van der Waals surface area (Å²) in [5.41, 5.74) is 5.44. The molecular formula is C10H12F2N2OS. The molecule has 3 N–H and O–H groups in total. The Kier molecular flexibility index (Phi) is 4.54. The third-order valence-corrected chi connectivity index (χ3v) is 3.42. The van der Waals surface area contributed by atoms with Crippen molar-refractivity contribution in [2.45, 2.75) is 23.5 Å². The van der Waals surface area contributed by atoms with Gasteiger partial charge in [-0.1, -0.05) is 12.1 Å². The number of rotatable bonds is 4. The van der Waals surface area contributed by atoms with Crippen LogP contribution in [0.2, 0.25) is 0 Å². The second kappa shape index (κ2) is 5.69. The number of hydrogen-bond donors (Lipinski definition) is 2. The normalized spacial score (nSPS) is 13.8. The van der Waals surface area contributed by atoms with E-state index in [1.54, 1.807) is 0 Å². The Morgan fingerprint density at radius 3 is 2.75 bits per heavy atom. The lowest BCUT2D eigenvalue weighted by molar-refractivity contribution is 0.317. The lowest BCUT2D eigenvalue weighted by atomic mass is 10.3. The van der Waals surface area contributed by atoms with Gasteiger partial charge < -0.3 is 10.9 Å². The van der Waals surface area contributed by atoms with Crippen LogP contribution in [0.5, 0.6) is 0 Å². The molecule has 0 aromatic heterocycles. The quantitative estimate of drug-likeness (QED) is 0.282. The highest BCUT2D eigenvalue weighted by molar-refractivity contribution is 8.00. The molecule has 0 saturated heterocycles. The molecule has 88 valence electrons. The molecule has 0 spiro atoms. The van der Waals surface area contributed by atoms with E-state index in [0.29, 0.717) is 6.42 Å². The molecule has 1 atom stereocenters. The van der Waals surface area contributed by atoms with Crippen molar-refractivity contribution in [1.29, 1.82) is 0 Å². The average molecular weight is 246 g/mol. The van der Waals surface area contributed by atoms with Gasteiger partial charge in [0.25, 0.3) is 0 Å². The van der Waals surface area contributed by atoms with E-state index in [2.05, 4.69) is 5.16 Å². The summed E-state index contributed by atoms with van der Waals surface area (Å²) >= 11 is 1.10. The van der Waals surface area contributed by atoms with Crippen LogP contribution in [0.1, 0.15) is 13.3 Å². The Morgan fingerprint density at radius 1 is 1.56 bits per heavy atom. The van der Waals surface area contributed by atoms with Crippen LogP contribution in [0.3, 0.4) is 0 Å². The van der Waals surface area contributed by atoms with Crippen LogP contribution >= 0.6 is 11.8 Å². The maximum atomic E-state index is 13.3. The maximum Gasteiger partial charge on any atom is 0.152 e. The Bertz CT molecular complexity index is 398. The Labute approximate surface area is 96.3 Å². The molecule has 6 heteroatoms. The number of benzene rings is 1. The van der Waals surface area contributed by atoms with Crippen molar-refractivity contribution in [1.82, 2.24) is 0 Å². The molecule has 0 aliphatic carbocycles. The molecule has 0 fully saturated rings. The van der Waals surface area contributed by atoms with Gasteiger partial charge in [0.05, 0.1) is 5.25 Å². The van der Waals surface area contributed by atoms with Crippen molar-refractivity contribution >= 4 is 17.6 Å². The van der Waals surface area contributed by atoms with Crippen LogP contribution in [0.15, 0.2) is 28.3 Å². The summed E-state index contributed by atoms with van der Waals surface area (Å²) in [6.07, 6.45) is 0.581. The average Bonchev–Trinajstić information content (AvgIpc) is 2.27. The van der Waals surface area contributed by atoms with E-state index >= 15 is 0 Å². The van der Waals surface area contributed by atoms with Crippen LogP contribution in [0.25, 0.3) is 0 Å². The Hall–Kier alpha value is -1.30. The highest BCUT2D eigenvalue weighted by Crippen LogP contribution is 2.28. The second-order valence-electron chi connectivity index (χ2n) is 3.11. The van der Waals surface area contributed by atoms with Crippen LogP contribution in [0.4, 0.5) is 8.78 Å². The molecular weight excluding hydrogens is 234 g/mol. The molecule has 1 aromatic carbocycles. The standard InChI is InChI=1S/C10H12F2N2OS/c1-2-8(10(13)14-15)16-9-4-3-6(11)5-7(9)12/h3-5,8,15H,2H2,1H3,(H2,13,14).